The third-order valence-corrected chi connectivity index (χ3v) is 23.5. The molecule has 0 bridgehead atoms. The molecular weight excluding hydrogens is 1240 g/mol. The Morgan fingerprint density at radius 1 is 0.568 bits per heavy atom. The van der Waals surface area contributed by atoms with E-state index < -0.39 is 80.1 Å². The predicted octanol–water partition coefficient (Wildman–Crippen LogP) is 22.5. The number of isothiocyanates is 1. The Morgan fingerprint density at radius 2 is 0.886 bits per heavy atom. The standard InChI is InChI=1S/C23H29F4NOS.C22H30F4O.C19H33S2.CHF3O3S.B.FH.6H2/c1-2-3-15-4-6-16(7-5-15)17-8-10-18(11-9-17)23(26,27)29-19-12-20(24)22(28-14-30)21(25)13-19;1-2-3-15-4-6-16(7-5-15)17-8-10-18(11-9-17)22(25,26)27-21-13-19(23)12-20(24)14-21;1-2-4-15-5-7-16(8-6-15)17-9-11-18(12-10-17)19-20-13-3-14-21-19;2-1(3,4)8(5,6)7;;;;;;;;/h12-13,15-18H,2-11H2,1H3;12-18H,2-11H2,1H3;15-18H,2-14H2,1H3;(H,5,6,7);;7*1H/q;;+1;;;;;;;;;/p-1. The van der Waals surface area contributed by atoms with E-state index in [1.807, 2.05) is 9.36 Å². The zero-order valence-electron chi connectivity index (χ0n) is 51.4. The van der Waals surface area contributed by atoms with Crippen LogP contribution in [0.4, 0.5) is 58.7 Å². The molecule has 1 heterocycles. The van der Waals surface area contributed by atoms with Gasteiger partial charge in [0.05, 0.1) is 17.0 Å². The SMILES string of the molecule is CCCC1CCC(C2CCC(C(F)(F)Oc3cc(F)c(N=C=S)c(F)c3)CC2)CC1.CCCC1CCC(C2CCC(C(F)(F)Oc3cc(F)cc(F)c3)CC2)CC1.CCCC1CCC(C2CCC(C3=[S+]CCCS3)CC2)CC1.F.O=S(=O)([O-])C(F)(F)F.[B].[HH].[HH].[HH].[HH].[HH].[HH]. The third-order valence-electron chi connectivity index (χ3n) is 19.9. The van der Waals surface area contributed by atoms with Gasteiger partial charge >= 0.3 is 17.7 Å². The minimum Gasteiger partial charge on any atom is -0.741 e. The van der Waals surface area contributed by atoms with Gasteiger partial charge in [-0.3, -0.25) is 4.70 Å². The van der Waals surface area contributed by atoms with Gasteiger partial charge in [-0.1, -0.05) is 110 Å². The minimum absolute atomic E-state index is 0. The van der Waals surface area contributed by atoms with E-state index in [4.69, 9.17) is 22.4 Å². The summed E-state index contributed by atoms with van der Waals surface area (Å²) in [4.78, 5) is 3.27. The van der Waals surface area contributed by atoms with Crippen LogP contribution in [0.3, 0.4) is 0 Å². The van der Waals surface area contributed by atoms with Crippen LogP contribution in [0.2, 0.25) is 0 Å². The largest absolute Gasteiger partial charge is 0.741 e. The number of hydrogen-bond acceptors (Lipinski definition) is 8. The average molecular weight is 1350 g/mol. The Morgan fingerprint density at radius 3 is 1.18 bits per heavy atom. The summed E-state index contributed by atoms with van der Waals surface area (Å²) in [5, 5.41) is 1.86. The van der Waals surface area contributed by atoms with E-state index in [2.05, 4.69) is 61.1 Å². The van der Waals surface area contributed by atoms with E-state index in [-0.39, 0.29) is 21.7 Å². The second-order valence-corrected chi connectivity index (χ2v) is 29.8. The summed E-state index contributed by atoms with van der Waals surface area (Å²) in [5.74, 6) is 4.16. The number of aliphatic imine (C=N–C) groups is 1. The fourth-order valence-electron chi connectivity index (χ4n) is 15.3. The van der Waals surface area contributed by atoms with Crippen molar-refractivity contribution in [2.45, 2.75) is 238 Å². The van der Waals surface area contributed by atoms with Crippen molar-refractivity contribution >= 4 is 68.9 Å². The van der Waals surface area contributed by atoms with E-state index in [0.29, 0.717) is 67.6 Å². The number of halogens is 12. The summed E-state index contributed by atoms with van der Waals surface area (Å²) >= 11 is 8.72. The van der Waals surface area contributed by atoms with Crippen molar-refractivity contribution in [3.05, 3.63) is 53.6 Å². The molecule has 1 aliphatic heterocycles. The first-order chi connectivity index (χ1) is 40.8. The summed E-state index contributed by atoms with van der Waals surface area (Å²) < 4.78 is 183. The van der Waals surface area contributed by atoms with Crippen LogP contribution in [-0.2, 0) is 21.5 Å². The number of thioether (sulfide) groups is 1. The van der Waals surface area contributed by atoms with Crippen molar-refractivity contribution < 1.29 is 84.0 Å². The maximum Gasteiger partial charge on any atom is 0.485 e. The molecule has 0 amide bonds. The molecule has 7 aliphatic rings. The molecule has 2 aromatic carbocycles. The predicted molar refractivity (Wildman–Crippen MR) is 347 cm³/mol. The number of ether oxygens (including phenoxy) is 2. The lowest BCUT2D eigenvalue weighted by Crippen LogP contribution is -2.38. The number of nitrogens with zero attached hydrogens (tertiary/aromatic N) is 1. The molecule has 6 saturated carbocycles. The highest BCUT2D eigenvalue weighted by Crippen LogP contribution is 2.49. The molecule has 23 heteroatoms. The van der Waals surface area contributed by atoms with Crippen molar-refractivity contribution in [3.8, 4) is 11.5 Å². The summed E-state index contributed by atoms with van der Waals surface area (Å²) in [6, 6.07) is 3.67. The van der Waals surface area contributed by atoms with E-state index in [1.54, 1.807) is 38.5 Å². The molecule has 0 spiro atoms. The van der Waals surface area contributed by atoms with Crippen molar-refractivity contribution in [1.82, 2.24) is 0 Å². The van der Waals surface area contributed by atoms with Crippen LogP contribution in [0.25, 0.3) is 0 Å². The molecular formula is C65H105BF12NO5S4. The highest BCUT2D eigenvalue weighted by Gasteiger charge is 2.47. The van der Waals surface area contributed by atoms with Crippen LogP contribution in [-0.4, -0.2) is 60.0 Å². The number of hydrogen-bond donors (Lipinski definition) is 0. The Balaban J connectivity index is -0.00000121. The molecule has 2 aromatic rings. The molecule has 0 atom stereocenters. The quantitative estimate of drug-likeness (QED) is 0.0297. The van der Waals surface area contributed by atoms with Gasteiger partial charge in [-0.25, -0.2) is 26.0 Å². The van der Waals surface area contributed by atoms with Crippen LogP contribution in [0.15, 0.2) is 35.3 Å². The van der Waals surface area contributed by atoms with Gasteiger partial charge in [0.25, 0.3) is 0 Å². The van der Waals surface area contributed by atoms with Gasteiger partial charge in [0.1, 0.15) is 28.8 Å². The van der Waals surface area contributed by atoms with E-state index in [9.17, 15) is 48.3 Å². The average Bonchev–Trinajstić information content (AvgIpc) is 1.11. The highest BCUT2D eigenvalue weighted by molar-refractivity contribution is 8.23. The first-order valence-electron chi connectivity index (χ1n) is 32.1. The van der Waals surface area contributed by atoms with Crippen molar-refractivity contribution in [3.63, 3.8) is 0 Å². The van der Waals surface area contributed by atoms with Gasteiger partial charge in [-0.2, -0.15) is 35.7 Å². The topological polar surface area (TPSA) is 88.0 Å². The molecule has 0 saturated heterocycles. The molecule has 6 fully saturated rings. The van der Waals surface area contributed by atoms with Crippen molar-refractivity contribution in [1.29, 1.82) is 0 Å². The Kier molecular flexibility index (Phi) is 33.0. The van der Waals surface area contributed by atoms with Gasteiger partial charge in [-0.05, 0) is 181 Å². The molecule has 6 aliphatic carbocycles. The molecule has 0 unspecified atom stereocenters. The molecule has 88 heavy (non-hydrogen) atoms. The molecule has 511 valence electrons. The first kappa shape index (κ1) is 77.9. The van der Waals surface area contributed by atoms with E-state index in [0.717, 1.165) is 73.3 Å². The summed E-state index contributed by atoms with van der Waals surface area (Å²) in [5.41, 5.74) is -6.30. The number of alkyl halides is 7. The third kappa shape index (κ3) is 24.4. The van der Waals surface area contributed by atoms with Crippen LogP contribution in [0, 0.1) is 94.3 Å². The summed E-state index contributed by atoms with van der Waals surface area (Å²) in [6.45, 7) is 6.81. The second-order valence-electron chi connectivity index (χ2n) is 25.7. The van der Waals surface area contributed by atoms with Gasteiger partial charge in [0.2, 0.25) is 4.20 Å². The van der Waals surface area contributed by atoms with Gasteiger partial charge < -0.3 is 14.0 Å². The Hall–Kier alpha value is -2.59. The van der Waals surface area contributed by atoms with E-state index in [1.165, 1.54) is 121 Å². The Labute approximate surface area is 540 Å². The summed E-state index contributed by atoms with van der Waals surface area (Å²) in [7, 11) is -6.09. The lowest BCUT2D eigenvalue weighted by Gasteiger charge is -2.39. The smallest absolute Gasteiger partial charge is 0.485 e. The highest BCUT2D eigenvalue weighted by atomic mass is 32.2. The van der Waals surface area contributed by atoms with Gasteiger partial charge in [0.15, 0.2) is 38.9 Å². The fourth-order valence-corrected chi connectivity index (χ4v) is 18.3. The number of benzene rings is 2. The fraction of sp³-hybridized carbons (Fsp3) is 0.785. The van der Waals surface area contributed by atoms with Crippen LogP contribution >= 0.6 is 24.0 Å². The van der Waals surface area contributed by atoms with Gasteiger partial charge in [0, 0.05) is 65.4 Å². The van der Waals surface area contributed by atoms with E-state index >= 15 is 0 Å². The molecule has 0 N–H and O–H groups in total. The lowest BCUT2D eigenvalue weighted by molar-refractivity contribution is -0.225. The van der Waals surface area contributed by atoms with Crippen LogP contribution < -0.4 is 9.47 Å². The Bertz CT molecular complexity index is 2540. The van der Waals surface area contributed by atoms with Gasteiger partial charge in [-0.15, -0.1) is 0 Å². The normalized spacial score (nSPS) is 28.7. The summed E-state index contributed by atoms with van der Waals surface area (Å²) in [6.07, 6.45) is 29.4. The zero-order chi connectivity index (χ0) is 62.7. The molecule has 9 rings (SSSR count). The maximum absolute atomic E-state index is 14.7. The first-order valence-corrected chi connectivity index (χ1v) is 35.9. The van der Waals surface area contributed by atoms with Crippen molar-refractivity contribution in [2.75, 3.05) is 11.5 Å². The molecule has 6 nitrogen and oxygen atoms in total. The van der Waals surface area contributed by atoms with Crippen LogP contribution in [0.5, 0.6) is 11.5 Å². The zero-order valence-corrected chi connectivity index (χ0v) is 54.7. The molecule has 0 aromatic heterocycles. The van der Waals surface area contributed by atoms with Crippen LogP contribution in [0.1, 0.15) is 228 Å². The monoisotopic (exact) mass is 1350 g/mol. The molecule has 3 radical (unpaired) electrons. The second kappa shape index (κ2) is 37.3. The maximum atomic E-state index is 14.7. The van der Waals surface area contributed by atoms with Crippen molar-refractivity contribution in [2.24, 2.45) is 76.0 Å². The lowest BCUT2D eigenvalue weighted by atomic mass is 9.68. The number of thiocarbonyl (C=S) groups is 1. The minimum atomic E-state index is -6.09. The number of rotatable bonds is 17.